The van der Waals surface area contributed by atoms with Crippen LogP contribution >= 0.6 is 0 Å². The number of carbonyl (C=O) groups excluding carboxylic acids is 1. The van der Waals surface area contributed by atoms with Crippen molar-refractivity contribution in [2.75, 3.05) is 6.61 Å². The summed E-state index contributed by atoms with van der Waals surface area (Å²) in [4.78, 5) is 16.3. The predicted molar refractivity (Wildman–Crippen MR) is 115 cm³/mol. The second-order valence-corrected chi connectivity index (χ2v) is 7.66. The lowest BCUT2D eigenvalue weighted by Crippen LogP contribution is -2.22. The van der Waals surface area contributed by atoms with Crippen molar-refractivity contribution in [2.45, 2.75) is 19.4 Å². The number of rotatable bonds is 3. The highest BCUT2D eigenvalue weighted by molar-refractivity contribution is 5.92. The van der Waals surface area contributed by atoms with Gasteiger partial charge < -0.3 is 18.7 Å². The first-order valence-electron chi connectivity index (χ1n) is 10.2. The molecule has 0 saturated heterocycles. The lowest BCUT2D eigenvalue weighted by Gasteiger charge is -2.28. The Morgan fingerprint density at radius 2 is 2.10 bits per heavy atom. The molecule has 5 aromatic rings. The Bertz CT molecular complexity index is 1420. The highest BCUT2D eigenvalue weighted by atomic mass is 16.5. The summed E-state index contributed by atoms with van der Waals surface area (Å²) < 4.78 is 13.1. The van der Waals surface area contributed by atoms with Crippen molar-refractivity contribution in [3.05, 3.63) is 95.1 Å². The van der Waals surface area contributed by atoms with Gasteiger partial charge in [0.2, 0.25) is 0 Å². The number of benzene rings is 2. The fourth-order valence-electron chi connectivity index (χ4n) is 4.74. The smallest absolute Gasteiger partial charge is 0.339 e. The van der Waals surface area contributed by atoms with Gasteiger partial charge >= 0.3 is 5.97 Å². The number of hydrogen-bond donors (Lipinski definition) is 1. The first-order chi connectivity index (χ1) is 14.7. The lowest BCUT2D eigenvalue weighted by atomic mass is 9.91. The van der Waals surface area contributed by atoms with E-state index >= 15 is 0 Å². The molecule has 1 aliphatic rings. The maximum Gasteiger partial charge on any atom is 0.339 e. The van der Waals surface area contributed by atoms with Gasteiger partial charge in [-0.3, -0.25) is 0 Å². The van der Waals surface area contributed by atoms with Gasteiger partial charge in [0.25, 0.3) is 0 Å². The molecule has 1 aliphatic heterocycles. The molecule has 6 rings (SSSR count). The largest absolute Gasteiger partial charge is 0.464 e. The van der Waals surface area contributed by atoms with Crippen molar-refractivity contribution in [2.24, 2.45) is 0 Å². The minimum Gasteiger partial charge on any atom is -0.464 e. The average Bonchev–Trinajstić information content (AvgIpc) is 3.48. The molecule has 4 heterocycles. The van der Waals surface area contributed by atoms with Gasteiger partial charge in [0.05, 0.1) is 24.5 Å². The molecular weight excluding hydrogens is 376 g/mol. The van der Waals surface area contributed by atoms with E-state index in [2.05, 4.69) is 39.9 Å². The molecule has 30 heavy (non-hydrogen) atoms. The molecule has 0 fully saturated rings. The first-order valence-corrected chi connectivity index (χ1v) is 10.2. The third-order valence-electron chi connectivity index (χ3n) is 6.05. The summed E-state index contributed by atoms with van der Waals surface area (Å²) in [6, 6.07) is 18.4. The number of ether oxygens (including phenoxy) is 1. The molecule has 1 unspecified atom stereocenters. The Morgan fingerprint density at radius 1 is 1.20 bits per heavy atom. The van der Waals surface area contributed by atoms with E-state index in [9.17, 15) is 4.79 Å². The van der Waals surface area contributed by atoms with E-state index < -0.39 is 0 Å². The number of esters is 1. The van der Waals surface area contributed by atoms with Crippen LogP contribution < -0.4 is 0 Å². The van der Waals surface area contributed by atoms with Crippen molar-refractivity contribution < 1.29 is 13.9 Å². The van der Waals surface area contributed by atoms with E-state index in [4.69, 9.17) is 9.15 Å². The average molecular weight is 396 g/mol. The molecule has 1 N–H and O–H groups in total. The van der Waals surface area contributed by atoms with E-state index in [-0.39, 0.29) is 12.0 Å². The molecule has 0 saturated carbocycles. The molecule has 5 nitrogen and oxygen atoms in total. The van der Waals surface area contributed by atoms with E-state index in [1.165, 1.54) is 10.9 Å². The number of aromatic amines is 1. The van der Waals surface area contributed by atoms with Crippen LogP contribution in [0.5, 0.6) is 0 Å². The number of fused-ring (bicyclic) bond motifs is 5. The van der Waals surface area contributed by atoms with E-state index in [0.29, 0.717) is 18.6 Å². The SMILES string of the molecule is CCOC(=O)c1ccn2c1Cc1c([nH]c3ccccc13)C2c1ccc2occc2c1. The molecule has 3 aromatic heterocycles. The molecule has 148 valence electrons. The predicted octanol–water partition coefficient (Wildman–Crippen LogP) is 5.43. The minimum atomic E-state index is -0.265. The van der Waals surface area contributed by atoms with Crippen molar-refractivity contribution >= 4 is 27.8 Å². The van der Waals surface area contributed by atoms with Gasteiger partial charge in [-0.1, -0.05) is 24.3 Å². The quantitative estimate of drug-likeness (QED) is 0.406. The monoisotopic (exact) mass is 396 g/mol. The lowest BCUT2D eigenvalue weighted by molar-refractivity contribution is 0.0525. The van der Waals surface area contributed by atoms with Gasteiger partial charge in [0.1, 0.15) is 5.58 Å². The number of H-pyrrole nitrogens is 1. The Labute approximate surface area is 172 Å². The zero-order valence-corrected chi connectivity index (χ0v) is 16.5. The Morgan fingerprint density at radius 3 is 3.00 bits per heavy atom. The molecule has 0 spiro atoms. The summed E-state index contributed by atoms with van der Waals surface area (Å²) in [5.74, 6) is -0.265. The van der Waals surface area contributed by atoms with E-state index in [0.717, 1.165) is 33.4 Å². The van der Waals surface area contributed by atoms with Gasteiger partial charge in [0, 0.05) is 40.3 Å². The first kappa shape index (κ1) is 17.2. The molecule has 0 bridgehead atoms. The zero-order valence-electron chi connectivity index (χ0n) is 16.5. The number of nitrogens with one attached hydrogen (secondary N) is 1. The van der Waals surface area contributed by atoms with Gasteiger partial charge in [-0.2, -0.15) is 0 Å². The van der Waals surface area contributed by atoms with E-state index in [1.807, 2.05) is 37.4 Å². The summed E-state index contributed by atoms with van der Waals surface area (Å²) >= 11 is 0. The minimum absolute atomic E-state index is 0.0568. The number of hydrogen-bond acceptors (Lipinski definition) is 3. The van der Waals surface area contributed by atoms with Gasteiger partial charge in [-0.15, -0.1) is 0 Å². The Kier molecular flexibility index (Phi) is 3.65. The second kappa shape index (κ2) is 6.39. The van der Waals surface area contributed by atoms with Crippen LogP contribution in [0.3, 0.4) is 0 Å². The summed E-state index contributed by atoms with van der Waals surface area (Å²) in [5.41, 5.74) is 7.15. The number of para-hydroxylation sites is 1. The third kappa shape index (κ3) is 2.38. The van der Waals surface area contributed by atoms with Crippen molar-refractivity contribution in [3.8, 4) is 0 Å². The van der Waals surface area contributed by atoms with Crippen LogP contribution in [0.1, 0.15) is 45.8 Å². The van der Waals surface area contributed by atoms with Gasteiger partial charge in [-0.25, -0.2) is 4.79 Å². The van der Waals surface area contributed by atoms with Crippen LogP contribution in [-0.2, 0) is 11.2 Å². The van der Waals surface area contributed by atoms with Crippen LogP contribution in [0.15, 0.2) is 71.5 Å². The van der Waals surface area contributed by atoms with Gasteiger partial charge in [-0.05, 0) is 48.4 Å². The summed E-state index contributed by atoms with van der Waals surface area (Å²) in [7, 11) is 0. The van der Waals surface area contributed by atoms with Crippen LogP contribution in [0.2, 0.25) is 0 Å². The number of carbonyl (C=O) groups is 1. The molecule has 2 aromatic carbocycles. The zero-order chi connectivity index (χ0) is 20.2. The van der Waals surface area contributed by atoms with E-state index in [1.54, 1.807) is 6.26 Å². The van der Waals surface area contributed by atoms with Crippen LogP contribution in [0.25, 0.3) is 21.9 Å². The number of aromatic nitrogens is 2. The molecular formula is C25H20N2O3. The fourth-order valence-corrected chi connectivity index (χ4v) is 4.74. The number of nitrogens with zero attached hydrogens (tertiary/aromatic N) is 1. The normalized spacial score (nSPS) is 15.3. The summed E-state index contributed by atoms with van der Waals surface area (Å²) in [6.45, 7) is 2.20. The van der Waals surface area contributed by atoms with Crippen LogP contribution in [0, 0.1) is 0 Å². The molecule has 0 amide bonds. The third-order valence-corrected chi connectivity index (χ3v) is 6.05. The van der Waals surface area contributed by atoms with Crippen LogP contribution in [0.4, 0.5) is 0 Å². The molecule has 5 heteroatoms. The fraction of sp³-hybridized carbons (Fsp3) is 0.160. The molecule has 0 radical (unpaired) electrons. The standard InChI is InChI=1S/C25H20N2O3/c1-2-29-25(28)18-9-11-27-21(18)14-19-17-5-3-4-6-20(17)26-23(19)24(27)16-7-8-22-15(13-16)10-12-30-22/h3-13,24,26H,2,14H2,1H3. The molecule has 0 aliphatic carbocycles. The van der Waals surface area contributed by atoms with Gasteiger partial charge in [0.15, 0.2) is 0 Å². The highest BCUT2D eigenvalue weighted by Gasteiger charge is 2.32. The van der Waals surface area contributed by atoms with Crippen molar-refractivity contribution in [1.29, 1.82) is 0 Å². The van der Waals surface area contributed by atoms with Crippen molar-refractivity contribution in [3.63, 3.8) is 0 Å². The maximum atomic E-state index is 12.6. The number of furan rings is 1. The summed E-state index contributed by atoms with van der Waals surface area (Å²) in [6.07, 6.45) is 4.40. The van der Waals surface area contributed by atoms with Crippen molar-refractivity contribution in [1.82, 2.24) is 9.55 Å². The summed E-state index contributed by atoms with van der Waals surface area (Å²) in [5, 5.41) is 2.26. The second-order valence-electron chi connectivity index (χ2n) is 7.66. The maximum absolute atomic E-state index is 12.6. The Hall–Kier alpha value is -3.73. The molecule has 1 atom stereocenters. The topological polar surface area (TPSA) is 60.2 Å². The Balaban J connectivity index is 1.61. The van der Waals surface area contributed by atoms with Crippen LogP contribution in [-0.4, -0.2) is 22.1 Å². The highest BCUT2D eigenvalue weighted by Crippen LogP contribution is 2.41.